The zero-order valence-corrected chi connectivity index (χ0v) is 16.2. The highest BCUT2D eigenvalue weighted by molar-refractivity contribution is 6.05. The molecule has 0 aliphatic rings. The minimum Gasteiger partial charge on any atom is -0.348 e. The number of hydrogen-bond acceptors (Lipinski definition) is 3. The van der Waals surface area contributed by atoms with Gasteiger partial charge in [-0.25, -0.2) is 0 Å². The summed E-state index contributed by atoms with van der Waals surface area (Å²) in [5.74, 6) is -0.569. The molecular formula is C23H23N3O2. The predicted molar refractivity (Wildman–Crippen MR) is 110 cm³/mol. The number of rotatable bonds is 5. The molecule has 0 aliphatic heterocycles. The van der Waals surface area contributed by atoms with Gasteiger partial charge in [-0.3, -0.25) is 14.6 Å². The molecule has 3 aromatic rings. The van der Waals surface area contributed by atoms with Crippen LogP contribution in [0.2, 0.25) is 0 Å². The number of benzene rings is 2. The Bertz CT molecular complexity index is 1010. The van der Waals surface area contributed by atoms with Crippen molar-refractivity contribution < 1.29 is 9.59 Å². The Hall–Kier alpha value is -3.47. The normalized spacial score (nSPS) is 10.4. The summed E-state index contributed by atoms with van der Waals surface area (Å²) < 4.78 is 0. The zero-order valence-electron chi connectivity index (χ0n) is 16.2. The Morgan fingerprint density at radius 2 is 1.50 bits per heavy atom. The number of anilines is 1. The first kappa shape index (κ1) is 19.3. The van der Waals surface area contributed by atoms with Gasteiger partial charge in [0.1, 0.15) is 0 Å². The largest absolute Gasteiger partial charge is 0.348 e. The van der Waals surface area contributed by atoms with Crippen LogP contribution in [0.5, 0.6) is 0 Å². The minimum absolute atomic E-state index is 0.268. The van der Waals surface area contributed by atoms with Gasteiger partial charge >= 0.3 is 0 Å². The molecule has 5 heteroatoms. The third-order valence-electron chi connectivity index (χ3n) is 4.28. The van der Waals surface area contributed by atoms with Crippen molar-refractivity contribution in [3.63, 3.8) is 0 Å². The van der Waals surface area contributed by atoms with E-state index in [0.29, 0.717) is 17.7 Å². The van der Waals surface area contributed by atoms with E-state index in [9.17, 15) is 9.59 Å². The predicted octanol–water partition coefficient (Wildman–Crippen LogP) is 4.19. The summed E-state index contributed by atoms with van der Waals surface area (Å²) in [4.78, 5) is 29.0. The third kappa shape index (κ3) is 5.04. The van der Waals surface area contributed by atoms with Crippen molar-refractivity contribution in [2.24, 2.45) is 0 Å². The van der Waals surface area contributed by atoms with E-state index >= 15 is 0 Å². The summed E-state index contributed by atoms with van der Waals surface area (Å²) in [6, 6.07) is 15.3. The number of pyridine rings is 1. The molecule has 3 rings (SSSR count). The van der Waals surface area contributed by atoms with Gasteiger partial charge in [0.2, 0.25) is 0 Å². The van der Waals surface area contributed by atoms with Crippen LogP contribution in [0.15, 0.2) is 60.9 Å². The number of hydrogen-bond donors (Lipinski definition) is 2. The van der Waals surface area contributed by atoms with Crippen LogP contribution in [0, 0.1) is 20.8 Å². The molecule has 0 aliphatic carbocycles. The van der Waals surface area contributed by atoms with Crippen molar-refractivity contribution in [3.8, 4) is 0 Å². The van der Waals surface area contributed by atoms with Crippen LogP contribution in [-0.2, 0) is 6.54 Å². The fourth-order valence-corrected chi connectivity index (χ4v) is 3.04. The second kappa shape index (κ2) is 8.48. The summed E-state index contributed by atoms with van der Waals surface area (Å²) in [6.45, 7) is 6.37. The lowest BCUT2D eigenvalue weighted by atomic mass is 10.1. The van der Waals surface area contributed by atoms with E-state index in [4.69, 9.17) is 0 Å². The lowest BCUT2D eigenvalue weighted by Gasteiger charge is -2.09. The summed E-state index contributed by atoms with van der Waals surface area (Å²) in [5, 5.41) is 5.72. The molecule has 28 heavy (non-hydrogen) atoms. The Morgan fingerprint density at radius 1 is 0.821 bits per heavy atom. The number of amides is 2. The minimum atomic E-state index is -0.300. The van der Waals surface area contributed by atoms with Gasteiger partial charge in [0, 0.05) is 24.6 Å². The average Bonchev–Trinajstić information content (AvgIpc) is 2.65. The Morgan fingerprint density at radius 3 is 2.18 bits per heavy atom. The molecule has 2 amide bonds. The average molecular weight is 373 g/mol. The fraction of sp³-hybridized carbons (Fsp3) is 0.174. The second-order valence-corrected chi connectivity index (χ2v) is 6.96. The van der Waals surface area contributed by atoms with Crippen molar-refractivity contribution in [1.29, 1.82) is 0 Å². The Labute approximate surface area is 164 Å². The van der Waals surface area contributed by atoms with Crippen LogP contribution >= 0.6 is 0 Å². The van der Waals surface area contributed by atoms with E-state index in [1.165, 1.54) is 12.4 Å². The first-order chi connectivity index (χ1) is 13.4. The van der Waals surface area contributed by atoms with Crippen LogP contribution in [0.1, 0.15) is 43.0 Å². The van der Waals surface area contributed by atoms with Crippen LogP contribution in [0.4, 0.5) is 5.69 Å². The fourth-order valence-electron chi connectivity index (χ4n) is 3.04. The summed E-state index contributed by atoms with van der Waals surface area (Å²) in [5.41, 5.74) is 5.69. The van der Waals surface area contributed by atoms with Gasteiger partial charge in [0.05, 0.1) is 11.1 Å². The second-order valence-electron chi connectivity index (χ2n) is 6.96. The highest BCUT2D eigenvalue weighted by atomic mass is 16.2. The molecule has 5 nitrogen and oxygen atoms in total. The lowest BCUT2D eigenvalue weighted by Crippen LogP contribution is -2.23. The van der Waals surface area contributed by atoms with Crippen LogP contribution < -0.4 is 10.6 Å². The molecule has 142 valence electrons. The van der Waals surface area contributed by atoms with Gasteiger partial charge in [-0.2, -0.15) is 0 Å². The highest BCUT2D eigenvalue weighted by Gasteiger charge is 2.12. The lowest BCUT2D eigenvalue weighted by molar-refractivity contribution is 0.0950. The maximum Gasteiger partial charge on any atom is 0.257 e. The van der Waals surface area contributed by atoms with Crippen molar-refractivity contribution in [2.45, 2.75) is 27.3 Å². The van der Waals surface area contributed by atoms with Gasteiger partial charge in [-0.15, -0.1) is 0 Å². The highest BCUT2D eigenvalue weighted by Crippen LogP contribution is 2.15. The molecule has 2 N–H and O–H groups in total. The van der Waals surface area contributed by atoms with Crippen LogP contribution in [0.25, 0.3) is 0 Å². The summed E-state index contributed by atoms with van der Waals surface area (Å²) in [6.07, 6.45) is 2.91. The molecular weight excluding hydrogens is 350 g/mol. The van der Waals surface area contributed by atoms with E-state index in [0.717, 1.165) is 27.9 Å². The van der Waals surface area contributed by atoms with Crippen LogP contribution in [0.3, 0.4) is 0 Å². The summed E-state index contributed by atoms with van der Waals surface area (Å²) in [7, 11) is 0. The number of aromatic nitrogens is 1. The van der Waals surface area contributed by atoms with Gasteiger partial charge < -0.3 is 10.6 Å². The van der Waals surface area contributed by atoms with Gasteiger partial charge in [0.15, 0.2) is 0 Å². The van der Waals surface area contributed by atoms with Crippen molar-refractivity contribution in [3.05, 3.63) is 94.3 Å². The number of carbonyl (C=O) groups is 2. The van der Waals surface area contributed by atoms with E-state index in [-0.39, 0.29) is 11.8 Å². The first-order valence-corrected chi connectivity index (χ1v) is 9.09. The quantitative estimate of drug-likeness (QED) is 0.704. The monoisotopic (exact) mass is 373 g/mol. The molecule has 0 atom stereocenters. The smallest absolute Gasteiger partial charge is 0.257 e. The Kier molecular flexibility index (Phi) is 5.84. The molecule has 0 saturated carbocycles. The molecule has 0 bridgehead atoms. The third-order valence-corrected chi connectivity index (χ3v) is 4.28. The maximum atomic E-state index is 12.5. The number of carbonyl (C=O) groups excluding carboxylic acids is 2. The number of nitrogens with one attached hydrogen (secondary N) is 2. The molecule has 0 fully saturated rings. The van der Waals surface area contributed by atoms with Crippen molar-refractivity contribution in [1.82, 2.24) is 10.3 Å². The zero-order chi connectivity index (χ0) is 20.1. The van der Waals surface area contributed by atoms with Gasteiger partial charge in [-0.05, 0) is 55.7 Å². The molecule has 0 saturated heterocycles. The van der Waals surface area contributed by atoms with E-state index in [1.807, 2.05) is 63.2 Å². The molecule has 0 unspecified atom stereocenters. The number of nitrogens with zero attached hydrogens (tertiary/aromatic N) is 1. The van der Waals surface area contributed by atoms with Gasteiger partial charge in [0.25, 0.3) is 11.8 Å². The molecule has 2 aromatic carbocycles. The standard InChI is InChI=1S/C23H23N3O2/c1-15-5-4-6-18(8-15)12-25-22(27)19-11-20(14-24-13-19)23(28)26-21-9-16(2)7-17(3)10-21/h4-11,13-14H,12H2,1-3H3,(H,25,27)(H,26,28). The van der Waals surface area contributed by atoms with E-state index < -0.39 is 0 Å². The molecule has 1 aromatic heterocycles. The SMILES string of the molecule is Cc1cccc(CNC(=O)c2cncc(C(=O)Nc3cc(C)cc(C)c3)c2)c1. The number of aryl methyl sites for hydroxylation is 3. The topological polar surface area (TPSA) is 71.1 Å². The van der Waals surface area contributed by atoms with Gasteiger partial charge in [-0.1, -0.05) is 35.9 Å². The van der Waals surface area contributed by atoms with Crippen molar-refractivity contribution >= 4 is 17.5 Å². The molecule has 0 spiro atoms. The summed E-state index contributed by atoms with van der Waals surface area (Å²) >= 11 is 0. The first-order valence-electron chi connectivity index (χ1n) is 9.09. The molecule has 0 radical (unpaired) electrons. The molecule has 1 heterocycles. The van der Waals surface area contributed by atoms with Crippen molar-refractivity contribution in [2.75, 3.05) is 5.32 Å². The maximum absolute atomic E-state index is 12.5. The Balaban J connectivity index is 1.68. The van der Waals surface area contributed by atoms with Crippen LogP contribution in [-0.4, -0.2) is 16.8 Å². The van der Waals surface area contributed by atoms with E-state index in [2.05, 4.69) is 15.6 Å². The van der Waals surface area contributed by atoms with E-state index in [1.54, 1.807) is 6.07 Å².